The van der Waals surface area contributed by atoms with Gasteiger partial charge in [-0.3, -0.25) is 9.59 Å². The molecular weight excluding hydrogens is 240 g/mol. The number of carbonyl (C=O) groups excluding carboxylic acids is 2. The van der Waals surface area contributed by atoms with Crippen LogP contribution in [0.4, 0.5) is 5.69 Å². The zero-order valence-corrected chi connectivity index (χ0v) is 11.6. The maximum Gasteiger partial charge on any atom is 0.229 e. The maximum atomic E-state index is 12.1. The van der Waals surface area contributed by atoms with Crippen molar-refractivity contribution in [3.8, 4) is 0 Å². The fraction of sp³-hybridized carbons (Fsp3) is 0.467. The topological polar surface area (TPSA) is 49.4 Å². The summed E-state index contributed by atoms with van der Waals surface area (Å²) in [5, 5.41) is 2.86. The lowest BCUT2D eigenvalue weighted by Gasteiger charge is -2.31. The van der Waals surface area contributed by atoms with Crippen LogP contribution in [0.5, 0.6) is 0 Å². The van der Waals surface area contributed by atoms with Crippen LogP contribution in [0.25, 0.3) is 0 Å². The van der Waals surface area contributed by atoms with Gasteiger partial charge in [-0.15, -0.1) is 0 Å². The second-order valence-corrected chi connectivity index (χ2v) is 5.93. The van der Waals surface area contributed by atoms with E-state index in [2.05, 4.69) is 5.32 Å². The Morgan fingerprint density at radius 3 is 2.42 bits per heavy atom. The van der Waals surface area contributed by atoms with Crippen molar-refractivity contribution in [2.45, 2.75) is 32.7 Å². The predicted octanol–water partition coefficient (Wildman–Crippen LogP) is 2.27. The smallest absolute Gasteiger partial charge is 0.229 e. The molecule has 0 spiro atoms. The molecule has 1 atom stereocenters. The van der Waals surface area contributed by atoms with E-state index in [1.807, 2.05) is 51.1 Å². The van der Waals surface area contributed by atoms with Crippen molar-refractivity contribution in [2.24, 2.45) is 5.92 Å². The third-order valence-corrected chi connectivity index (χ3v) is 3.35. The van der Waals surface area contributed by atoms with Gasteiger partial charge >= 0.3 is 0 Å². The lowest BCUT2D eigenvalue weighted by molar-refractivity contribution is -0.131. The quantitative estimate of drug-likeness (QED) is 0.886. The second kappa shape index (κ2) is 5.03. The Balaban J connectivity index is 2.01. The molecule has 0 aromatic heterocycles. The van der Waals surface area contributed by atoms with E-state index in [0.29, 0.717) is 13.0 Å². The number of benzene rings is 1. The van der Waals surface area contributed by atoms with Crippen molar-refractivity contribution in [1.82, 2.24) is 4.90 Å². The van der Waals surface area contributed by atoms with E-state index in [-0.39, 0.29) is 23.3 Å². The number of anilines is 1. The van der Waals surface area contributed by atoms with Crippen molar-refractivity contribution in [2.75, 3.05) is 11.9 Å². The van der Waals surface area contributed by atoms with E-state index in [1.165, 1.54) is 0 Å². The van der Waals surface area contributed by atoms with Crippen LogP contribution in [-0.2, 0) is 9.59 Å². The summed E-state index contributed by atoms with van der Waals surface area (Å²) in [6.07, 6.45) is 0.302. The summed E-state index contributed by atoms with van der Waals surface area (Å²) >= 11 is 0. The first-order valence-electron chi connectivity index (χ1n) is 6.54. The van der Waals surface area contributed by atoms with Gasteiger partial charge in [0.25, 0.3) is 0 Å². The molecule has 0 saturated carbocycles. The fourth-order valence-corrected chi connectivity index (χ4v) is 2.30. The first kappa shape index (κ1) is 13.6. The molecule has 1 N–H and O–H groups in total. The number of nitrogens with one attached hydrogen (secondary N) is 1. The molecule has 2 rings (SSSR count). The molecule has 4 nitrogen and oxygen atoms in total. The number of nitrogens with zero attached hydrogens (tertiary/aromatic N) is 1. The van der Waals surface area contributed by atoms with Crippen molar-refractivity contribution in [1.29, 1.82) is 0 Å². The Morgan fingerprint density at radius 1 is 1.26 bits per heavy atom. The number of carbonyl (C=O) groups is 2. The van der Waals surface area contributed by atoms with Gasteiger partial charge in [0.1, 0.15) is 0 Å². The molecule has 1 unspecified atom stereocenters. The van der Waals surface area contributed by atoms with Crippen LogP contribution < -0.4 is 5.32 Å². The second-order valence-electron chi connectivity index (χ2n) is 5.93. The molecule has 1 aromatic carbocycles. The van der Waals surface area contributed by atoms with Crippen LogP contribution in [0.2, 0.25) is 0 Å². The van der Waals surface area contributed by atoms with E-state index in [9.17, 15) is 9.59 Å². The maximum absolute atomic E-state index is 12.1. The van der Waals surface area contributed by atoms with Gasteiger partial charge < -0.3 is 10.2 Å². The summed E-state index contributed by atoms with van der Waals surface area (Å²) in [5.41, 5.74) is 0.549. The number of likely N-dealkylation sites (tertiary alicyclic amines) is 1. The summed E-state index contributed by atoms with van der Waals surface area (Å²) < 4.78 is 0. The Hall–Kier alpha value is -1.84. The van der Waals surface area contributed by atoms with Gasteiger partial charge in [-0.05, 0) is 32.9 Å². The average molecular weight is 260 g/mol. The summed E-state index contributed by atoms with van der Waals surface area (Å²) in [7, 11) is 0. The van der Waals surface area contributed by atoms with E-state index < -0.39 is 0 Å². The molecular formula is C15H20N2O2. The summed E-state index contributed by atoms with van der Waals surface area (Å²) in [5.74, 6) is -0.279. The molecule has 0 aliphatic carbocycles. The van der Waals surface area contributed by atoms with Gasteiger partial charge in [-0.25, -0.2) is 0 Å². The first-order chi connectivity index (χ1) is 8.88. The minimum Gasteiger partial charge on any atom is -0.337 e. The van der Waals surface area contributed by atoms with Crippen LogP contribution >= 0.6 is 0 Å². The van der Waals surface area contributed by atoms with Crippen molar-refractivity contribution >= 4 is 17.5 Å². The molecule has 2 amide bonds. The Bertz CT molecular complexity index is 477. The highest BCUT2D eigenvalue weighted by atomic mass is 16.2. The van der Waals surface area contributed by atoms with Crippen LogP contribution in [0.3, 0.4) is 0 Å². The molecule has 1 heterocycles. The molecule has 1 aliphatic rings. The third kappa shape index (κ3) is 3.13. The van der Waals surface area contributed by atoms with Crippen molar-refractivity contribution in [3.05, 3.63) is 30.3 Å². The SMILES string of the molecule is CC(C)(C)N1CC(C(=O)Nc2ccccc2)CC1=O. The van der Waals surface area contributed by atoms with Gasteiger partial charge in [0.15, 0.2) is 0 Å². The largest absolute Gasteiger partial charge is 0.337 e. The van der Waals surface area contributed by atoms with E-state index in [1.54, 1.807) is 4.90 Å². The third-order valence-electron chi connectivity index (χ3n) is 3.35. The minimum absolute atomic E-state index is 0.0562. The molecule has 1 saturated heterocycles. The highest BCUT2D eigenvalue weighted by molar-refractivity contribution is 5.97. The number of hydrogen-bond donors (Lipinski definition) is 1. The van der Waals surface area contributed by atoms with Crippen LogP contribution in [-0.4, -0.2) is 28.8 Å². The zero-order valence-electron chi connectivity index (χ0n) is 11.6. The first-order valence-corrected chi connectivity index (χ1v) is 6.54. The van der Waals surface area contributed by atoms with Crippen LogP contribution in [0.1, 0.15) is 27.2 Å². The zero-order chi connectivity index (χ0) is 14.0. The molecule has 1 aliphatic heterocycles. The standard InChI is InChI=1S/C15H20N2O2/c1-15(2,3)17-10-11(9-13(17)18)14(19)16-12-7-5-4-6-8-12/h4-8,11H,9-10H2,1-3H3,(H,16,19). The molecule has 0 bridgehead atoms. The van der Waals surface area contributed by atoms with Crippen molar-refractivity contribution < 1.29 is 9.59 Å². The van der Waals surface area contributed by atoms with E-state index >= 15 is 0 Å². The molecule has 1 fully saturated rings. The summed E-state index contributed by atoms with van der Waals surface area (Å²) in [6, 6.07) is 9.33. The van der Waals surface area contributed by atoms with Gasteiger partial charge in [-0.2, -0.15) is 0 Å². The Kier molecular flexibility index (Phi) is 3.60. The number of amides is 2. The van der Waals surface area contributed by atoms with Crippen LogP contribution in [0, 0.1) is 5.92 Å². The highest BCUT2D eigenvalue weighted by Gasteiger charge is 2.39. The van der Waals surface area contributed by atoms with Gasteiger partial charge in [-0.1, -0.05) is 18.2 Å². The monoisotopic (exact) mass is 260 g/mol. The number of hydrogen-bond acceptors (Lipinski definition) is 2. The van der Waals surface area contributed by atoms with E-state index in [0.717, 1.165) is 5.69 Å². The van der Waals surface area contributed by atoms with E-state index in [4.69, 9.17) is 0 Å². The Morgan fingerprint density at radius 2 is 1.89 bits per heavy atom. The van der Waals surface area contributed by atoms with Crippen LogP contribution in [0.15, 0.2) is 30.3 Å². The molecule has 1 aromatic rings. The average Bonchev–Trinajstić information content (AvgIpc) is 2.72. The lowest BCUT2D eigenvalue weighted by Crippen LogP contribution is -2.42. The number of rotatable bonds is 2. The molecule has 19 heavy (non-hydrogen) atoms. The Labute approximate surface area is 113 Å². The summed E-state index contributed by atoms with van der Waals surface area (Å²) in [4.78, 5) is 25.9. The van der Waals surface area contributed by atoms with Gasteiger partial charge in [0.2, 0.25) is 11.8 Å². The minimum atomic E-state index is -0.257. The summed E-state index contributed by atoms with van der Waals surface area (Å²) in [6.45, 7) is 6.47. The number of para-hydroxylation sites is 1. The molecule has 0 radical (unpaired) electrons. The van der Waals surface area contributed by atoms with Crippen molar-refractivity contribution in [3.63, 3.8) is 0 Å². The highest BCUT2D eigenvalue weighted by Crippen LogP contribution is 2.26. The molecule has 102 valence electrons. The van der Waals surface area contributed by atoms with Gasteiger partial charge in [0.05, 0.1) is 5.92 Å². The lowest BCUT2D eigenvalue weighted by atomic mass is 10.1. The predicted molar refractivity (Wildman–Crippen MR) is 74.6 cm³/mol. The molecule has 4 heteroatoms. The normalized spacial score (nSPS) is 19.6. The van der Waals surface area contributed by atoms with Gasteiger partial charge in [0, 0.05) is 24.2 Å². The fourth-order valence-electron chi connectivity index (χ4n) is 2.30.